The van der Waals surface area contributed by atoms with Gasteiger partial charge in [0.1, 0.15) is 0 Å². The first-order valence-electron chi connectivity index (χ1n) is 3.09. The van der Waals surface area contributed by atoms with Gasteiger partial charge in [0.25, 0.3) is 0 Å². The highest BCUT2D eigenvalue weighted by Gasteiger charge is 2.00. The molecule has 1 N–H and O–H groups in total. The second-order valence-electron chi connectivity index (χ2n) is 2.31. The summed E-state index contributed by atoms with van der Waals surface area (Å²) in [6.07, 6.45) is 0.517. The molecule has 0 aromatic carbocycles. The number of hydrogen-bond acceptors (Lipinski definition) is 2. The zero-order valence-electron chi connectivity index (χ0n) is 5.67. The van der Waals surface area contributed by atoms with Crippen molar-refractivity contribution in [1.29, 1.82) is 0 Å². The molecule has 0 spiro atoms. The molecule has 0 bridgehead atoms. The molecule has 0 unspecified atom stereocenters. The van der Waals surface area contributed by atoms with Crippen molar-refractivity contribution in [3.63, 3.8) is 0 Å². The van der Waals surface area contributed by atoms with Gasteiger partial charge in [-0.2, -0.15) is 0 Å². The standard InChI is InChI=1S/C7H9BrOS/c1-5(9)2-6-3-7(8)10-4-6/h3-5,9H,2H2,1H3/t5-/m1/s1. The molecule has 1 aromatic heterocycles. The Hall–Kier alpha value is 0.140. The van der Waals surface area contributed by atoms with Crippen molar-refractivity contribution < 1.29 is 5.11 Å². The second kappa shape index (κ2) is 3.51. The van der Waals surface area contributed by atoms with E-state index in [1.807, 2.05) is 6.07 Å². The van der Waals surface area contributed by atoms with Crippen LogP contribution in [-0.2, 0) is 6.42 Å². The molecule has 0 saturated heterocycles. The van der Waals surface area contributed by atoms with Gasteiger partial charge in [-0.1, -0.05) is 0 Å². The molecule has 0 aliphatic carbocycles. The van der Waals surface area contributed by atoms with Gasteiger partial charge < -0.3 is 5.11 Å². The van der Waals surface area contributed by atoms with E-state index in [0.29, 0.717) is 0 Å². The van der Waals surface area contributed by atoms with Crippen LogP contribution >= 0.6 is 27.3 Å². The molecule has 0 radical (unpaired) electrons. The zero-order chi connectivity index (χ0) is 7.56. The minimum atomic E-state index is -0.235. The van der Waals surface area contributed by atoms with Crippen LogP contribution in [0.1, 0.15) is 12.5 Å². The summed E-state index contributed by atoms with van der Waals surface area (Å²) < 4.78 is 1.13. The van der Waals surface area contributed by atoms with E-state index in [1.165, 1.54) is 5.56 Å². The third kappa shape index (κ3) is 2.40. The van der Waals surface area contributed by atoms with Crippen LogP contribution in [0.15, 0.2) is 15.2 Å². The molecule has 3 heteroatoms. The third-order valence-corrected chi connectivity index (χ3v) is 2.71. The number of rotatable bonds is 2. The third-order valence-electron chi connectivity index (χ3n) is 1.15. The van der Waals surface area contributed by atoms with Crippen molar-refractivity contribution in [3.05, 3.63) is 20.8 Å². The molecule has 1 heterocycles. The number of aliphatic hydroxyl groups is 1. The molecule has 0 aliphatic heterocycles. The Morgan fingerprint density at radius 1 is 1.80 bits per heavy atom. The van der Waals surface area contributed by atoms with Gasteiger partial charge in [-0.25, -0.2) is 0 Å². The van der Waals surface area contributed by atoms with Crippen molar-refractivity contribution in [2.45, 2.75) is 19.4 Å². The molecule has 1 nitrogen and oxygen atoms in total. The van der Waals surface area contributed by atoms with E-state index in [0.717, 1.165) is 10.2 Å². The summed E-state index contributed by atoms with van der Waals surface area (Å²) in [5.74, 6) is 0. The van der Waals surface area contributed by atoms with Crippen molar-refractivity contribution in [2.75, 3.05) is 0 Å². The second-order valence-corrected chi connectivity index (χ2v) is 4.60. The summed E-state index contributed by atoms with van der Waals surface area (Å²) in [5, 5.41) is 11.1. The molecule has 0 amide bonds. The molecule has 1 atom stereocenters. The Bertz CT molecular complexity index is 207. The van der Waals surface area contributed by atoms with Crippen LogP contribution in [0.4, 0.5) is 0 Å². The van der Waals surface area contributed by atoms with E-state index in [1.54, 1.807) is 18.3 Å². The average Bonchev–Trinajstić information content (AvgIpc) is 2.13. The van der Waals surface area contributed by atoms with E-state index in [2.05, 4.69) is 21.3 Å². The Kier molecular flexibility index (Phi) is 2.89. The predicted molar refractivity (Wildman–Crippen MR) is 47.4 cm³/mol. The maximum Gasteiger partial charge on any atom is 0.0701 e. The summed E-state index contributed by atoms with van der Waals surface area (Å²) in [4.78, 5) is 0. The largest absolute Gasteiger partial charge is 0.393 e. The van der Waals surface area contributed by atoms with Gasteiger partial charge in [0.05, 0.1) is 9.89 Å². The van der Waals surface area contributed by atoms with E-state index < -0.39 is 0 Å². The van der Waals surface area contributed by atoms with Crippen molar-refractivity contribution >= 4 is 27.3 Å². The normalized spacial score (nSPS) is 13.5. The number of halogens is 1. The lowest BCUT2D eigenvalue weighted by Crippen LogP contribution is -2.02. The lowest BCUT2D eigenvalue weighted by atomic mass is 10.2. The fraction of sp³-hybridized carbons (Fsp3) is 0.429. The van der Waals surface area contributed by atoms with E-state index in [9.17, 15) is 0 Å². The maximum atomic E-state index is 9.00. The molecular formula is C7H9BrOS. The number of aliphatic hydroxyl groups excluding tert-OH is 1. The molecule has 1 rings (SSSR count). The lowest BCUT2D eigenvalue weighted by molar-refractivity contribution is 0.195. The summed E-state index contributed by atoms with van der Waals surface area (Å²) in [7, 11) is 0. The van der Waals surface area contributed by atoms with Crippen LogP contribution in [0.2, 0.25) is 0 Å². The van der Waals surface area contributed by atoms with Crippen molar-refractivity contribution in [3.8, 4) is 0 Å². The highest BCUT2D eigenvalue weighted by Crippen LogP contribution is 2.21. The first kappa shape index (κ1) is 8.24. The van der Waals surface area contributed by atoms with Crippen LogP contribution in [0.5, 0.6) is 0 Å². The first-order valence-corrected chi connectivity index (χ1v) is 4.76. The van der Waals surface area contributed by atoms with Crippen molar-refractivity contribution in [1.82, 2.24) is 0 Å². The van der Waals surface area contributed by atoms with Gasteiger partial charge in [-0.3, -0.25) is 0 Å². The van der Waals surface area contributed by atoms with E-state index >= 15 is 0 Å². The van der Waals surface area contributed by atoms with E-state index in [-0.39, 0.29) is 6.10 Å². The van der Waals surface area contributed by atoms with Crippen LogP contribution in [0.25, 0.3) is 0 Å². The molecule has 0 fully saturated rings. The lowest BCUT2D eigenvalue weighted by Gasteiger charge is -1.98. The Morgan fingerprint density at radius 3 is 2.90 bits per heavy atom. The Balaban J connectivity index is 2.58. The van der Waals surface area contributed by atoms with Gasteiger partial charge in [0.2, 0.25) is 0 Å². The van der Waals surface area contributed by atoms with Crippen LogP contribution < -0.4 is 0 Å². The fourth-order valence-corrected chi connectivity index (χ4v) is 2.02. The summed E-state index contributed by atoms with van der Waals surface area (Å²) in [6, 6.07) is 2.04. The summed E-state index contributed by atoms with van der Waals surface area (Å²) >= 11 is 5.01. The minimum absolute atomic E-state index is 0.235. The van der Waals surface area contributed by atoms with Gasteiger partial charge in [-0.05, 0) is 46.3 Å². The highest BCUT2D eigenvalue weighted by molar-refractivity contribution is 9.11. The number of thiophene rings is 1. The van der Waals surface area contributed by atoms with Crippen LogP contribution in [-0.4, -0.2) is 11.2 Å². The SMILES string of the molecule is C[C@@H](O)Cc1csc(Br)c1. The molecule has 56 valence electrons. The molecule has 0 saturated carbocycles. The number of hydrogen-bond donors (Lipinski definition) is 1. The highest BCUT2D eigenvalue weighted by atomic mass is 79.9. The Morgan fingerprint density at radius 2 is 2.50 bits per heavy atom. The van der Waals surface area contributed by atoms with E-state index in [4.69, 9.17) is 5.11 Å². The van der Waals surface area contributed by atoms with Crippen LogP contribution in [0, 0.1) is 0 Å². The molecule has 0 aliphatic rings. The predicted octanol–water partition coefficient (Wildman–Crippen LogP) is 2.43. The van der Waals surface area contributed by atoms with Gasteiger partial charge in [0, 0.05) is 0 Å². The maximum absolute atomic E-state index is 9.00. The molecular weight excluding hydrogens is 212 g/mol. The topological polar surface area (TPSA) is 20.2 Å². The molecule has 10 heavy (non-hydrogen) atoms. The van der Waals surface area contributed by atoms with Gasteiger partial charge in [0.15, 0.2) is 0 Å². The smallest absolute Gasteiger partial charge is 0.0701 e. The summed E-state index contributed by atoms with van der Waals surface area (Å²) in [6.45, 7) is 1.80. The quantitative estimate of drug-likeness (QED) is 0.813. The Labute approximate surface area is 72.8 Å². The fourth-order valence-electron chi connectivity index (χ4n) is 0.794. The summed E-state index contributed by atoms with van der Waals surface area (Å²) in [5.41, 5.74) is 1.20. The van der Waals surface area contributed by atoms with Gasteiger partial charge >= 0.3 is 0 Å². The minimum Gasteiger partial charge on any atom is -0.393 e. The average molecular weight is 221 g/mol. The van der Waals surface area contributed by atoms with Crippen molar-refractivity contribution in [2.24, 2.45) is 0 Å². The monoisotopic (exact) mass is 220 g/mol. The van der Waals surface area contributed by atoms with Crippen LogP contribution in [0.3, 0.4) is 0 Å². The first-order chi connectivity index (χ1) is 4.68. The van der Waals surface area contributed by atoms with Gasteiger partial charge in [-0.15, -0.1) is 11.3 Å². The molecule has 1 aromatic rings. The zero-order valence-corrected chi connectivity index (χ0v) is 8.08.